The number of terminal acetylenes is 1. The minimum atomic E-state index is -0.176. The Balaban J connectivity index is 2.60. The zero-order chi connectivity index (χ0) is 6.85. The maximum atomic E-state index is 10.5. The van der Waals surface area contributed by atoms with Crippen molar-refractivity contribution in [2.24, 2.45) is 5.92 Å². The summed E-state index contributed by atoms with van der Waals surface area (Å²) in [7, 11) is 0. The van der Waals surface area contributed by atoms with Gasteiger partial charge in [-0.1, -0.05) is 5.92 Å². The normalized spacial score (nSPS) is 33.6. The van der Waals surface area contributed by atoms with Crippen molar-refractivity contribution in [2.75, 3.05) is 0 Å². The summed E-state index contributed by atoms with van der Waals surface area (Å²) in [5.74, 6) is 2.32. The van der Waals surface area contributed by atoms with Crippen molar-refractivity contribution in [1.29, 1.82) is 0 Å². The van der Waals surface area contributed by atoms with Crippen LogP contribution in [0.3, 0.4) is 0 Å². The molecule has 48 valence electrons. The topological polar surface area (TPSA) is 26.3 Å². The second-order valence-corrected chi connectivity index (χ2v) is 2.17. The number of cyclic esters (lactones) is 1. The monoisotopic (exact) mass is 124 g/mol. The summed E-state index contributed by atoms with van der Waals surface area (Å²) in [6, 6.07) is 0. The van der Waals surface area contributed by atoms with Crippen LogP contribution in [-0.2, 0) is 9.53 Å². The molecule has 2 atom stereocenters. The van der Waals surface area contributed by atoms with Crippen LogP contribution in [-0.4, -0.2) is 12.1 Å². The van der Waals surface area contributed by atoms with Crippen molar-refractivity contribution in [3.05, 3.63) is 0 Å². The van der Waals surface area contributed by atoms with Crippen LogP contribution in [0, 0.1) is 18.3 Å². The van der Waals surface area contributed by atoms with Crippen LogP contribution in [0.15, 0.2) is 0 Å². The third kappa shape index (κ3) is 1.05. The average molecular weight is 124 g/mol. The Hall–Kier alpha value is -0.970. The number of esters is 1. The quantitative estimate of drug-likeness (QED) is 0.348. The Bertz CT molecular complexity index is 166. The second-order valence-electron chi connectivity index (χ2n) is 2.17. The van der Waals surface area contributed by atoms with Gasteiger partial charge in [-0.25, -0.2) is 0 Å². The molecule has 0 aromatic carbocycles. The molecule has 0 amide bonds. The van der Waals surface area contributed by atoms with Gasteiger partial charge in [-0.2, -0.15) is 0 Å². The van der Waals surface area contributed by atoms with E-state index in [1.54, 1.807) is 0 Å². The Labute approximate surface area is 54.2 Å². The standard InChI is InChI=1S/C7H8O2/c1-3-6-4-7(8)9-5(6)2/h1,5-6H,4H2,2H3. The fourth-order valence-electron chi connectivity index (χ4n) is 0.878. The van der Waals surface area contributed by atoms with Gasteiger partial charge >= 0.3 is 5.97 Å². The first-order chi connectivity index (χ1) is 4.24. The van der Waals surface area contributed by atoms with Crippen molar-refractivity contribution >= 4 is 5.97 Å². The fourth-order valence-corrected chi connectivity index (χ4v) is 0.878. The Kier molecular flexibility index (Phi) is 1.44. The van der Waals surface area contributed by atoms with Crippen LogP contribution >= 0.6 is 0 Å². The van der Waals surface area contributed by atoms with Gasteiger partial charge < -0.3 is 4.74 Å². The van der Waals surface area contributed by atoms with Crippen LogP contribution in [0.2, 0.25) is 0 Å². The van der Waals surface area contributed by atoms with Crippen LogP contribution in [0.4, 0.5) is 0 Å². The van der Waals surface area contributed by atoms with Crippen LogP contribution in [0.25, 0.3) is 0 Å². The highest BCUT2D eigenvalue weighted by Crippen LogP contribution is 2.19. The summed E-state index contributed by atoms with van der Waals surface area (Å²) >= 11 is 0. The van der Waals surface area contributed by atoms with E-state index < -0.39 is 0 Å². The van der Waals surface area contributed by atoms with E-state index in [2.05, 4.69) is 5.92 Å². The number of carbonyl (C=O) groups excluding carboxylic acids is 1. The molecule has 2 unspecified atom stereocenters. The SMILES string of the molecule is C#CC1CC(=O)OC1C. The van der Waals surface area contributed by atoms with Crippen molar-refractivity contribution in [3.63, 3.8) is 0 Å². The van der Waals surface area contributed by atoms with Crippen LogP contribution in [0.5, 0.6) is 0 Å². The molecule has 1 fully saturated rings. The number of hydrogen-bond acceptors (Lipinski definition) is 2. The number of ether oxygens (including phenoxy) is 1. The molecule has 1 aliphatic rings. The van der Waals surface area contributed by atoms with Crippen molar-refractivity contribution < 1.29 is 9.53 Å². The highest BCUT2D eigenvalue weighted by molar-refractivity contribution is 5.72. The number of carbonyl (C=O) groups is 1. The molecule has 0 spiro atoms. The van der Waals surface area contributed by atoms with E-state index in [0.717, 1.165) is 0 Å². The Morgan fingerprint density at radius 2 is 2.56 bits per heavy atom. The van der Waals surface area contributed by atoms with Gasteiger partial charge in [0, 0.05) is 0 Å². The fraction of sp³-hybridized carbons (Fsp3) is 0.571. The molecule has 0 N–H and O–H groups in total. The summed E-state index contributed by atoms with van der Waals surface area (Å²) in [5, 5.41) is 0. The van der Waals surface area contributed by atoms with Crippen molar-refractivity contribution in [3.8, 4) is 12.3 Å². The minimum absolute atomic E-state index is 0.00231. The van der Waals surface area contributed by atoms with Gasteiger partial charge in [0.2, 0.25) is 0 Å². The zero-order valence-corrected chi connectivity index (χ0v) is 5.26. The lowest BCUT2D eigenvalue weighted by molar-refractivity contribution is -0.140. The number of hydrogen-bond donors (Lipinski definition) is 0. The van der Waals surface area contributed by atoms with Gasteiger partial charge in [0.15, 0.2) is 0 Å². The summed E-state index contributed by atoms with van der Waals surface area (Å²) in [6.45, 7) is 1.81. The maximum Gasteiger partial charge on any atom is 0.307 e. The highest BCUT2D eigenvalue weighted by atomic mass is 16.5. The summed E-state index contributed by atoms with van der Waals surface area (Å²) in [5.41, 5.74) is 0. The van der Waals surface area contributed by atoms with Crippen LogP contribution < -0.4 is 0 Å². The first-order valence-corrected chi connectivity index (χ1v) is 2.89. The van der Waals surface area contributed by atoms with Gasteiger partial charge in [0.1, 0.15) is 6.10 Å². The number of rotatable bonds is 0. The molecule has 0 aliphatic carbocycles. The van der Waals surface area contributed by atoms with Gasteiger partial charge in [-0.05, 0) is 6.92 Å². The van der Waals surface area contributed by atoms with Crippen molar-refractivity contribution in [1.82, 2.24) is 0 Å². The molecule has 1 heterocycles. The molecule has 0 aromatic rings. The van der Waals surface area contributed by atoms with E-state index in [4.69, 9.17) is 11.2 Å². The van der Waals surface area contributed by atoms with E-state index in [0.29, 0.717) is 6.42 Å². The molecule has 1 saturated heterocycles. The van der Waals surface area contributed by atoms with Gasteiger partial charge in [0.25, 0.3) is 0 Å². The van der Waals surface area contributed by atoms with Crippen LogP contribution in [0.1, 0.15) is 13.3 Å². The first kappa shape index (κ1) is 6.15. The van der Waals surface area contributed by atoms with Crippen molar-refractivity contribution in [2.45, 2.75) is 19.4 Å². The van der Waals surface area contributed by atoms with Gasteiger partial charge in [0.05, 0.1) is 12.3 Å². The molecule has 9 heavy (non-hydrogen) atoms. The zero-order valence-electron chi connectivity index (χ0n) is 5.26. The van der Waals surface area contributed by atoms with E-state index in [-0.39, 0.29) is 18.0 Å². The lowest BCUT2D eigenvalue weighted by atomic mass is 10.0. The first-order valence-electron chi connectivity index (χ1n) is 2.89. The minimum Gasteiger partial charge on any atom is -0.461 e. The van der Waals surface area contributed by atoms with Gasteiger partial charge in [-0.15, -0.1) is 6.42 Å². The summed E-state index contributed by atoms with van der Waals surface area (Å²) in [4.78, 5) is 10.5. The molecule has 2 nitrogen and oxygen atoms in total. The molecule has 2 heteroatoms. The average Bonchev–Trinajstić information content (AvgIpc) is 2.10. The lowest BCUT2D eigenvalue weighted by Crippen LogP contribution is -2.08. The molecular formula is C7H8O2. The predicted octanol–water partition coefficient (Wildman–Crippen LogP) is 0.571. The van der Waals surface area contributed by atoms with E-state index in [1.807, 2.05) is 6.92 Å². The van der Waals surface area contributed by atoms with E-state index in [1.165, 1.54) is 0 Å². The molecule has 0 bridgehead atoms. The molecule has 1 rings (SSSR count). The molecular weight excluding hydrogens is 116 g/mol. The predicted molar refractivity (Wildman–Crippen MR) is 32.5 cm³/mol. The van der Waals surface area contributed by atoms with Gasteiger partial charge in [-0.3, -0.25) is 4.79 Å². The third-order valence-corrected chi connectivity index (χ3v) is 1.48. The third-order valence-electron chi connectivity index (χ3n) is 1.48. The second kappa shape index (κ2) is 2.10. The van der Waals surface area contributed by atoms with E-state index in [9.17, 15) is 4.79 Å². The van der Waals surface area contributed by atoms with E-state index >= 15 is 0 Å². The summed E-state index contributed by atoms with van der Waals surface area (Å²) in [6.07, 6.45) is 5.41. The highest BCUT2D eigenvalue weighted by Gasteiger charge is 2.29. The molecule has 0 aromatic heterocycles. The molecule has 0 saturated carbocycles. The Morgan fingerprint density at radius 3 is 2.78 bits per heavy atom. The maximum absolute atomic E-state index is 10.5. The molecule has 1 aliphatic heterocycles. The molecule has 0 radical (unpaired) electrons. The lowest BCUT2D eigenvalue weighted by Gasteiger charge is -2.03. The smallest absolute Gasteiger partial charge is 0.307 e. The Morgan fingerprint density at radius 1 is 1.89 bits per heavy atom. The summed E-state index contributed by atoms with van der Waals surface area (Å²) < 4.78 is 4.78. The largest absolute Gasteiger partial charge is 0.461 e.